The number of hydrogen-bond donors (Lipinski definition) is 2. The molecule has 0 atom stereocenters. The van der Waals surface area contributed by atoms with Crippen LogP contribution in [-0.4, -0.2) is 18.3 Å². The van der Waals surface area contributed by atoms with Crippen LogP contribution in [0.15, 0.2) is 42.5 Å². The van der Waals surface area contributed by atoms with Gasteiger partial charge in [0.25, 0.3) is 0 Å². The predicted octanol–water partition coefficient (Wildman–Crippen LogP) is 1.32. The first-order valence-electron chi connectivity index (χ1n) is 4.35. The molecule has 2 nitrogen and oxygen atoms in total. The highest BCUT2D eigenvalue weighted by atomic mass is 16.3. The van der Waals surface area contributed by atoms with Crippen molar-refractivity contribution in [3.05, 3.63) is 48.0 Å². The summed E-state index contributed by atoms with van der Waals surface area (Å²) < 4.78 is 0. The molecule has 2 N–H and O–H groups in total. The summed E-state index contributed by atoms with van der Waals surface area (Å²) >= 11 is 0. The van der Waals surface area contributed by atoms with Crippen LogP contribution in [0.25, 0.3) is 0 Å². The van der Waals surface area contributed by atoms with Crippen LogP contribution >= 0.6 is 0 Å². The van der Waals surface area contributed by atoms with Gasteiger partial charge in [0.1, 0.15) is 0 Å². The predicted molar refractivity (Wildman–Crippen MR) is 54.4 cm³/mol. The summed E-state index contributed by atoms with van der Waals surface area (Å²) in [7, 11) is 0. The van der Waals surface area contributed by atoms with Crippen LogP contribution in [0.2, 0.25) is 0 Å². The maximum atomic E-state index is 8.69. The van der Waals surface area contributed by atoms with Gasteiger partial charge in [0.15, 0.2) is 0 Å². The average molecular weight is 177 g/mol. The zero-order valence-corrected chi connectivity index (χ0v) is 7.66. The van der Waals surface area contributed by atoms with E-state index in [0.717, 1.165) is 12.1 Å². The molecule has 0 unspecified atom stereocenters. The number of rotatable bonds is 5. The van der Waals surface area contributed by atoms with Gasteiger partial charge in [-0.25, -0.2) is 0 Å². The fourth-order valence-corrected chi connectivity index (χ4v) is 1.04. The van der Waals surface area contributed by atoms with Crippen molar-refractivity contribution in [1.82, 2.24) is 5.32 Å². The van der Waals surface area contributed by atoms with Gasteiger partial charge < -0.3 is 10.4 Å². The molecule has 0 heterocycles. The smallest absolute Gasteiger partial charge is 0.0651 e. The Labute approximate surface area is 78.9 Å². The number of hydrogen-bond acceptors (Lipinski definition) is 2. The van der Waals surface area contributed by atoms with Gasteiger partial charge in [-0.15, -0.1) is 0 Å². The monoisotopic (exact) mass is 177 g/mol. The second-order valence-corrected chi connectivity index (χ2v) is 3.00. The molecule has 1 aromatic carbocycles. The molecule has 0 aliphatic carbocycles. The number of aliphatic hydroxyl groups is 1. The van der Waals surface area contributed by atoms with Crippen molar-refractivity contribution in [2.75, 3.05) is 13.2 Å². The van der Waals surface area contributed by atoms with Gasteiger partial charge >= 0.3 is 0 Å². The van der Waals surface area contributed by atoms with E-state index < -0.39 is 0 Å². The molecule has 70 valence electrons. The van der Waals surface area contributed by atoms with Crippen LogP contribution in [0.4, 0.5) is 0 Å². The lowest BCUT2D eigenvalue weighted by Gasteiger charge is -2.04. The quantitative estimate of drug-likeness (QED) is 0.665. The summed E-state index contributed by atoms with van der Waals surface area (Å²) in [5, 5.41) is 11.9. The molecular weight excluding hydrogens is 162 g/mol. The van der Waals surface area contributed by atoms with Crippen molar-refractivity contribution < 1.29 is 5.11 Å². The van der Waals surface area contributed by atoms with Crippen LogP contribution in [-0.2, 0) is 6.54 Å². The van der Waals surface area contributed by atoms with E-state index >= 15 is 0 Å². The molecule has 0 aliphatic heterocycles. The Bertz CT molecular complexity index is 256. The van der Waals surface area contributed by atoms with Gasteiger partial charge in [-0.05, 0) is 11.1 Å². The van der Waals surface area contributed by atoms with E-state index in [4.69, 9.17) is 5.11 Å². The molecular formula is C11H15NO. The van der Waals surface area contributed by atoms with Crippen LogP contribution in [0.5, 0.6) is 0 Å². The average Bonchev–Trinajstić information content (AvgIpc) is 2.19. The number of aliphatic hydroxyl groups excluding tert-OH is 1. The first-order chi connectivity index (χ1) is 6.33. The fraction of sp³-hybridized carbons (Fsp3) is 0.273. The largest absolute Gasteiger partial charge is 0.392 e. The Morgan fingerprint density at radius 3 is 2.62 bits per heavy atom. The topological polar surface area (TPSA) is 32.3 Å². The zero-order valence-electron chi connectivity index (χ0n) is 7.66. The van der Waals surface area contributed by atoms with Crippen molar-refractivity contribution in [1.29, 1.82) is 0 Å². The lowest BCUT2D eigenvalue weighted by Crippen LogP contribution is -2.17. The molecule has 13 heavy (non-hydrogen) atoms. The van der Waals surface area contributed by atoms with E-state index in [9.17, 15) is 0 Å². The van der Waals surface area contributed by atoms with E-state index in [-0.39, 0.29) is 6.61 Å². The minimum Gasteiger partial charge on any atom is -0.392 e. The minimum atomic E-state index is 0.0573. The molecule has 2 heteroatoms. The van der Waals surface area contributed by atoms with Crippen molar-refractivity contribution in [2.45, 2.75) is 6.54 Å². The third-order valence-electron chi connectivity index (χ3n) is 1.77. The molecule has 0 aliphatic rings. The summed E-state index contributed by atoms with van der Waals surface area (Å²) in [4.78, 5) is 0. The van der Waals surface area contributed by atoms with Gasteiger partial charge in [-0.1, -0.05) is 36.9 Å². The lowest BCUT2D eigenvalue weighted by molar-refractivity contribution is 0.327. The SMILES string of the molecule is C=C(CO)CNCc1ccccc1. The molecule has 0 radical (unpaired) electrons. The van der Waals surface area contributed by atoms with Gasteiger partial charge in [-0.2, -0.15) is 0 Å². The van der Waals surface area contributed by atoms with E-state index in [2.05, 4.69) is 24.0 Å². The second kappa shape index (κ2) is 5.51. The van der Waals surface area contributed by atoms with Crippen LogP contribution in [0.1, 0.15) is 5.56 Å². The van der Waals surface area contributed by atoms with Gasteiger partial charge in [-0.3, -0.25) is 0 Å². The maximum absolute atomic E-state index is 8.69. The van der Waals surface area contributed by atoms with Crippen LogP contribution < -0.4 is 5.32 Å². The molecule has 0 bridgehead atoms. The fourth-order valence-electron chi connectivity index (χ4n) is 1.04. The molecule has 0 spiro atoms. The summed E-state index contributed by atoms with van der Waals surface area (Å²) in [6, 6.07) is 10.1. The molecule has 0 saturated carbocycles. The van der Waals surface area contributed by atoms with E-state index in [0.29, 0.717) is 6.54 Å². The first-order valence-corrected chi connectivity index (χ1v) is 4.35. The molecule has 0 amide bonds. The molecule has 0 saturated heterocycles. The summed E-state index contributed by atoms with van der Waals surface area (Å²) in [5.74, 6) is 0. The highest BCUT2D eigenvalue weighted by Crippen LogP contribution is 1.97. The zero-order chi connectivity index (χ0) is 9.52. The Morgan fingerprint density at radius 1 is 1.31 bits per heavy atom. The summed E-state index contributed by atoms with van der Waals surface area (Å²) in [5.41, 5.74) is 2.06. The molecule has 0 aromatic heterocycles. The van der Waals surface area contributed by atoms with E-state index in [1.165, 1.54) is 5.56 Å². The Hall–Kier alpha value is -1.12. The van der Waals surface area contributed by atoms with Gasteiger partial charge in [0.05, 0.1) is 6.61 Å². The van der Waals surface area contributed by atoms with Crippen molar-refractivity contribution in [3.8, 4) is 0 Å². The third kappa shape index (κ3) is 3.87. The van der Waals surface area contributed by atoms with Crippen LogP contribution in [0, 0.1) is 0 Å². The number of nitrogens with one attached hydrogen (secondary N) is 1. The highest BCUT2D eigenvalue weighted by molar-refractivity contribution is 5.14. The van der Waals surface area contributed by atoms with Crippen molar-refractivity contribution >= 4 is 0 Å². The Kier molecular flexibility index (Phi) is 4.23. The maximum Gasteiger partial charge on any atom is 0.0651 e. The molecule has 0 fully saturated rings. The van der Waals surface area contributed by atoms with Crippen LogP contribution in [0.3, 0.4) is 0 Å². The van der Waals surface area contributed by atoms with E-state index in [1.54, 1.807) is 0 Å². The molecule has 1 rings (SSSR count). The normalized spacial score (nSPS) is 9.92. The highest BCUT2D eigenvalue weighted by Gasteiger charge is 1.92. The Morgan fingerprint density at radius 2 is 2.00 bits per heavy atom. The summed E-state index contributed by atoms with van der Waals surface area (Å²) in [6.07, 6.45) is 0. The van der Waals surface area contributed by atoms with Gasteiger partial charge in [0, 0.05) is 13.1 Å². The number of benzene rings is 1. The van der Waals surface area contributed by atoms with Gasteiger partial charge in [0.2, 0.25) is 0 Å². The third-order valence-corrected chi connectivity index (χ3v) is 1.77. The lowest BCUT2D eigenvalue weighted by atomic mass is 10.2. The Balaban J connectivity index is 2.24. The minimum absolute atomic E-state index is 0.0573. The van der Waals surface area contributed by atoms with Crippen molar-refractivity contribution in [2.24, 2.45) is 0 Å². The van der Waals surface area contributed by atoms with E-state index in [1.807, 2.05) is 18.2 Å². The first kappa shape index (κ1) is 9.96. The summed E-state index contributed by atoms with van der Waals surface area (Å²) in [6.45, 7) is 5.24. The standard InChI is InChI=1S/C11H15NO/c1-10(9-13)7-12-8-11-5-3-2-4-6-11/h2-6,12-13H,1,7-9H2. The van der Waals surface area contributed by atoms with Crippen molar-refractivity contribution in [3.63, 3.8) is 0 Å². The molecule has 1 aromatic rings. The second-order valence-electron chi connectivity index (χ2n) is 3.00.